The van der Waals surface area contributed by atoms with Gasteiger partial charge in [0.2, 0.25) is 5.91 Å². The molecule has 0 aliphatic carbocycles. The lowest BCUT2D eigenvalue weighted by Gasteiger charge is -2.06. The van der Waals surface area contributed by atoms with Crippen LogP contribution in [-0.4, -0.2) is 12.5 Å². The minimum Gasteiger partial charge on any atom is -0.356 e. The topological polar surface area (TPSA) is 29.1 Å². The molecule has 0 bridgehead atoms. The Morgan fingerprint density at radius 3 is 2.31 bits per heavy atom. The van der Waals surface area contributed by atoms with E-state index in [9.17, 15) is 4.79 Å². The van der Waals surface area contributed by atoms with Crippen molar-refractivity contribution in [3.05, 3.63) is 0 Å². The monoisotopic (exact) mass is 227 g/mol. The molecule has 0 aliphatic heterocycles. The van der Waals surface area contributed by atoms with Crippen molar-refractivity contribution >= 4 is 5.91 Å². The predicted octanol–water partition coefficient (Wildman–Crippen LogP) is 3.90. The first-order valence-corrected chi connectivity index (χ1v) is 6.93. The summed E-state index contributed by atoms with van der Waals surface area (Å²) >= 11 is 0. The Bertz CT molecular complexity index is 166. The van der Waals surface area contributed by atoms with Gasteiger partial charge in [0.25, 0.3) is 0 Å². The fraction of sp³-hybridized carbons (Fsp3) is 0.929. The SMILES string of the molecule is CCCCCCCCC(=O)NCCC(C)C. The third kappa shape index (κ3) is 11.5. The number of unbranched alkanes of at least 4 members (excludes halogenated alkanes) is 5. The molecular formula is C14H29NO. The van der Waals surface area contributed by atoms with E-state index >= 15 is 0 Å². The molecule has 2 nitrogen and oxygen atoms in total. The van der Waals surface area contributed by atoms with E-state index in [0.717, 1.165) is 19.4 Å². The highest BCUT2D eigenvalue weighted by Crippen LogP contribution is 2.06. The number of hydrogen-bond acceptors (Lipinski definition) is 1. The molecule has 0 heterocycles. The minimum absolute atomic E-state index is 0.233. The number of carbonyl (C=O) groups excluding carboxylic acids is 1. The molecule has 0 atom stereocenters. The Morgan fingerprint density at radius 1 is 1.06 bits per heavy atom. The van der Waals surface area contributed by atoms with Gasteiger partial charge in [-0.2, -0.15) is 0 Å². The normalized spacial score (nSPS) is 10.8. The lowest BCUT2D eigenvalue weighted by Crippen LogP contribution is -2.24. The van der Waals surface area contributed by atoms with Gasteiger partial charge in [0.1, 0.15) is 0 Å². The molecule has 0 saturated heterocycles. The minimum atomic E-state index is 0.233. The Balaban J connectivity index is 3.17. The molecule has 0 aliphatic rings. The molecule has 0 aromatic heterocycles. The maximum Gasteiger partial charge on any atom is 0.219 e. The second kappa shape index (κ2) is 11.0. The van der Waals surface area contributed by atoms with Crippen LogP contribution in [0.4, 0.5) is 0 Å². The average Bonchev–Trinajstić information content (AvgIpc) is 2.22. The smallest absolute Gasteiger partial charge is 0.219 e. The number of rotatable bonds is 10. The molecule has 0 spiro atoms. The third-order valence-corrected chi connectivity index (χ3v) is 2.80. The van der Waals surface area contributed by atoms with Crippen molar-refractivity contribution in [1.29, 1.82) is 0 Å². The van der Waals surface area contributed by atoms with Crippen molar-refractivity contribution < 1.29 is 4.79 Å². The highest BCUT2D eigenvalue weighted by Gasteiger charge is 2.01. The Labute approximate surface area is 101 Å². The maximum absolute atomic E-state index is 11.4. The summed E-state index contributed by atoms with van der Waals surface area (Å²) in [5.74, 6) is 0.908. The summed E-state index contributed by atoms with van der Waals surface area (Å²) in [6.45, 7) is 7.42. The molecule has 0 aromatic rings. The lowest BCUT2D eigenvalue weighted by molar-refractivity contribution is -0.121. The Kier molecular flexibility index (Phi) is 10.6. The average molecular weight is 227 g/mol. The van der Waals surface area contributed by atoms with Crippen molar-refractivity contribution in [1.82, 2.24) is 5.32 Å². The molecule has 0 rings (SSSR count). The molecule has 16 heavy (non-hydrogen) atoms. The molecule has 1 N–H and O–H groups in total. The summed E-state index contributed by atoms with van der Waals surface area (Å²) in [6, 6.07) is 0. The van der Waals surface area contributed by atoms with Gasteiger partial charge in [-0.15, -0.1) is 0 Å². The van der Waals surface area contributed by atoms with E-state index < -0.39 is 0 Å². The van der Waals surface area contributed by atoms with E-state index in [1.165, 1.54) is 32.1 Å². The van der Waals surface area contributed by atoms with E-state index in [0.29, 0.717) is 12.3 Å². The van der Waals surface area contributed by atoms with E-state index in [2.05, 4.69) is 26.1 Å². The first kappa shape index (κ1) is 15.5. The van der Waals surface area contributed by atoms with Gasteiger partial charge in [-0.05, 0) is 18.8 Å². The van der Waals surface area contributed by atoms with Gasteiger partial charge >= 0.3 is 0 Å². The first-order chi connectivity index (χ1) is 7.66. The van der Waals surface area contributed by atoms with Crippen LogP contribution in [0.5, 0.6) is 0 Å². The van der Waals surface area contributed by atoms with Gasteiger partial charge < -0.3 is 5.32 Å². The zero-order chi connectivity index (χ0) is 12.2. The van der Waals surface area contributed by atoms with Gasteiger partial charge in [-0.1, -0.05) is 52.9 Å². The molecule has 0 aromatic carbocycles. The molecule has 2 heteroatoms. The van der Waals surface area contributed by atoms with Crippen molar-refractivity contribution in [3.63, 3.8) is 0 Å². The van der Waals surface area contributed by atoms with Gasteiger partial charge in [0.15, 0.2) is 0 Å². The van der Waals surface area contributed by atoms with E-state index in [-0.39, 0.29) is 5.91 Å². The van der Waals surface area contributed by atoms with Crippen LogP contribution in [0.25, 0.3) is 0 Å². The van der Waals surface area contributed by atoms with Crippen molar-refractivity contribution in [2.75, 3.05) is 6.54 Å². The number of carbonyl (C=O) groups is 1. The summed E-state index contributed by atoms with van der Waals surface area (Å²) < 4.78 is 0. The third-order valence-electron chi connectivity index (χ3n) is 2.80. The van der Waals surface area contributed by atoms with Crippen LogP contribution < -0.4 is 5.32 Å². The molecule has 0 saturated carbocycles. The lowest BCUT2D eigenvalue weighted by atomic mass is 10.1. The van der Waals surface area contributed by atoms with Crippen molar-refractivity contribution in [3.8, 4) is 0 Å². The summed E-state index contributed by atoms with van der Waals surface area (Å²) in [6.07, 6.45) is 9.29. The van der Waals surface area contributed by atoms with Crippen LogP contribution in [0, 0.1) is 5.92 Å². The highest BCUT2D eigenvalue weighted by molar-refractivity contribution is 5.75. The second-order valence-corrected chi connectivity index (χ2v) is 5.05. The van der Waals surface area contributed by atoms with Gasteiger partial charge in [0.05, 0.1) is 0 Å². The fourth-order valence-electron chi connectivity index (χ4n) is 1.65. The van der Waals surface area contributed by atoms with Crippen LogP contribution in [0.3, 0.4) is 0 Å². The largest absolute Gasteiger partial charge is 0.356 e. The highest BCUT2D eigenvalue weighted by atomic mass is 16.1. The van der Waals surface area contributed by atoms with E-state index in [4.69, 9.17) is 0 Å². The van der Waals surface area contributed by atoms with Crippen LogP contribution in [0.15, 0.2) is 0 Å². The molecule has 0 unspecified atom stereocenters. The summed E-state index contributed by atoms with van der Waals surface area (Å²) in [5.41, 5.74) is 0. The molecule has 1 amide bonds. The Hall–Kier alpha value is -0.530. The zero-order valence-corrected chi connectivity index (χ0v) is 11.3. The van der Waals surface area contributed by atoms with Gasteiger partial charge in [0, 0.05) is 13.0 Å². The number of hydrogen-bond donors (Lipinski definition) is 1. The Morgan fingerprint density at radius 2 is 1.69 bits per heavy atom. The van der Waals surface area contributed by atoms with E-state index in [1.54, 1.807) is 0 Å². The van der Waals surface area contributed by atoms with Crippen molar-refractivity contribution in [2.24, 2.45) is 5.92 Å². The molecular weight excluding hydrogens is 198 g/mol. The van der Waals surface area contributed by atoms with E-state index in [1.807, 2.05) is 0 Å². The zero-order valence-electron chi connectivity index (χ0n) is 11.3. The predicted molar refractivity (Wildman–Crippen MR) is 70.5 cm³/mol. The molecule has 0 radical (unpaired) electrons. The molecule has 0 fully saturated rings. The quantitative estimate of drug-likeness (QED) is 0.563. The van der Waals surface area contributed by atoms with Crippen LogP contribution >= 0.6 is 0 Å². The number of amides is 1. The fourth-order valence-corrected chi connectivity index (χ4v) is 1.65. The van der Waals surface area contributed by atoms with Crippen LogP contribution in [0.2, 0.25) is 0 Å². The maximum atomic E-state index is 11.4. The second-order valence-electron chi connectivity index (χ2n) is 5.05. The van der Waals surface area contributed by atoms with Crippen LogP contribution in [-0.2, 0) is 4.79 Å². The summed E-state index contributed by atoms with van der Waals surface area (Å²) in [7, 11) is 0. The molecule has 96 valence electrons. The summed E-state index contributed by atoms with van der Waals surface area (Å²) in [5, 5.41) is 2.98. The summed E-state index contributed by atoms with van der Waals surface area (Å²) in [4.78, 5) is 11.4. The van der Waals surface area contributed by atoms with Gasteiger partial charge in [-0.3, -0.25) is 4.79 Å². The number of nitrogens with one attached hydrogen (secondary N) is 1. The first-order valence-electron chi connectivity index (χ1n) is 6.93. The van der Waals surface area contributed by atoms with Crippen LogP contribution in [0.1, 0.15) is 72.1 Å². The van der Waals surface area contributed by atoms with Gasteiger partial charge in [-0.25, -0.2) is 0 Å². The standard InChI is InChI=1S/C14H29NO/c1-4-5-6-7-8-9-10-14(16)15-12-11-13(2)3/h13H,4-12H2,1-3H3,(H,15,16). The van der Waals surface area contributed by atoms with Crippen molar-refractivity contribution in [2.45, 2.75) is 72.1 Å².